The van der Waals surface area contributed by atoms with E-state index in [1.165, 1.54) is 0 Å². The quantitative estimate of drug-likeness (QED) is 0.595. The van der Waals surface area contributed by atoms with Crippen molar-refractivity contribution in [3.05, 3.63) is 0 Å². The first-order chi connectivity index (χ1) is 7.63. The van der Waals surface area contributed by atoms with Gasteiger partial charge >= 0.3 is 5.97 Å². The molecule has 6 heteroatoms. The molecule has 1 amide bonds. The van der Waals surface area contributed by atoms with Gasteiger partial charge in [-0.3, -0.25) is 14.9 Å². The van der Waals surface area contributed by atoms with Crippen molar-refractivity contribution in [2.45, 2.75) is 26.0 Å². The molecule has 0 bridgehead atoms. The fourth-order valence-electron chi connectivity index (χ4n) is 1.33. The molecule has 0 aromatic carbocycles. The van der Waals surface area contributed by atoms with Crippen LogP contribution in [0.2, 0.25) is 0 Å². The first-order valence-electron chi connectivity index (χ1n) is 5.41. The molecule has 0 radical (unpaired) electrons. The number of nitrogens with one attached hydrogen (secondary N) is 2. The van der Waals surface area contributed by atoms with Crippen molar-refractivity contribution in [1.29, 1.82) is 0 Å². The fourth-order valence-corrected chi connectivity index (χ4v) is 1.33. The van der Waals surface area contributed by atoms with E-state index in [1.54, 1.807) is 6.92 Å². The van der Waals surface area contributed by atoms with E-state index in [2.05, 4.69) is 10.6 Å². The number of amides is 1. The number of hydrogen-bond acceptors (Lipinski definition) is 5. The smallest absolute Gasteiger partial charge is 0.325 e. The minimum absolute atomic E-state index is 0.105. The highest BCUT2D eigenvalue weighted by Gasteiger charge is 2.26. The highest BCUT2D eigenvalue weighted by Crippen LogP contribution is 1.98. The molecule has 0 spiro atoms. The first kappa shape index (κ1) is 12.9. The summed E-state index contributed by atoms with van der Waals surface area (Å²) < 4.78 is 10.3. The van der Waals surface area contributed by atoms with Crippen LogP contribution in [0.15, 0.2) is 0 Å². The highest BCUT2D eigenvalue weighted by atomic mass is 16.6. The van der Waals surface area contributed by atoms with Crippen LogP contribution in [0.3, 0.4) is 0 Å². The van der Waals surface area contributed by atoms with Crippen molar-refractivity contribution in [3.63, 3.8) is 0 Å². The Morgan fingerprint density at radius 1 is 1.62 bits per heavy atom. The molecule has 1 aliphatic rings. The summed E-state index contributed by atoms with van der Waals surface area (Å²) in [6.07, 6.45) is -0.271. The van der Waals surface area contributed by atoms with Gasteiger partial charge in [0.05, 0.1) is 13.2 Å². The predicted octanol–water partition coefficient (Wildman–Crippen LogP) is -0.957. The maximum absolute atomic E-state index is 11.6. The van der Waals surface area contributed by atoms with Gasteiger partial charge in [0.1, 0.15) is 12.1 Å². The minimum atomic E-state index is -0.457. The third-order valence-corrected chi connectivity index (χ3v) is 2.17. The van der Waals surface area contributed by atoms with Gasteiger partial charge in [-0.05, 0) is 13.8 Å². The van der Waals surface area contributed by atoms with Crippen molar-refractivity contribution >= 4 is 11.9 Å². The number of esters is 1. The average molecular weight is 230 g/mol. The molecule has 1 saturated heterocycles. The van der Waals surface area contributed by atoms with Gasteiger partial charge in [0, 0.05) is 13.2 Å². The van der Waals surface area contributed by atoms with Gasteiger partial charge in [-0.1, -0.05) is 0 Å². The van der Waals surface area contributed by atoms with Crippen molar-refractivity contribution < 1.29 is 19.1 Å². The molecular formula is C10H18N2O4. The Labute approximate surface area is 94.7 Å². The molecule has 6 nitrogen and oxygen atoms in total. The maximum atomic E-state index is 11.6. The zero-order valence-electron chi connectivity index (χ0n) is 9.62. The molecule has 0 aromatic heterocycles. The lowest BCUT2D eigenvalue weighted by atomic mass is 10.2. The molecule has 16 heavy (non-hydrogen) atoms. The molecule has 2 unspecified atom stereocenters. The average Bonchev–Trinajstić information content (AvgIpc) is 2.27. The van der Waals surface area contributed by atoms with Crippen LogP contribution in [-0.4, -0.2) is 50.3 Å². The lowest BCUT2D eigenvalue weighted by Gasteiger charge is -2.24. The second-order valence-corrected chi connectivity index (χ2v) is 3.64. The third-order valence-electron chi connectivity index (χ3n) is 2.17. The third kappa shape index (κ3) is 4.16. The Hall–Kier alpha value is -1.14. The van der Waals surface area contributed by atoms with E-state index in [1.807, 2.05) is 6.92 Å². The lowest BCUT2D eigenvalue weighted by molar-refractivity contribution is -0.154. The molecule has 0 saturated carbocycles. The molecule has 2 N–H and O–H groups in total. The first-order valence-corrected chi connectivity index (χ1v) is 5.41. The fraction of sp³-hybridized carbons (Fsp3) is 0.800. The van der Waals surface area contributed by atoms with Crippen LogP contribution in [0, 0.1) is 0 Å². The van der Waals surface area contributed by atoms with Crippen molar-refractivity contribution in [2.24, 2.45) is 0 Å². The van der Waals surface area contributed by atoms with Crippen molar-refractivity contribution in [1.82, 2.24) is 10.6 Å². The highest BCUT2D eigenvalue weighted by molar-refractivity contribution is 5.83. The van der Waals surface area contributed by atoms with Gasteiger partial charge in [0.25, 0.3) is 0 Å². The molecular weight excluding hydrogens is 212 g/mol. The number of ether oxygens (including phenoxy) is 2. The molecule has 0 aliphatic carbocycles. The van der Waals surface area contributed by atoms with Crippen LogP contribution < -0.4 is 10.6 Å². The maximum Gasteiger partial charge on any atom is 0.325 e. The molecule has 1 aliphatic heterocycles. The zero-order valence-corrected chi connectivity index (χ0v) is 9.62. The van der Waals surface area contributed by atoms with Crippen LogP contribution in [0.25, 0.3) is 0 Å². The van der Waals surface area contributed by atoms with Crippen LogP contribution in [0.4, 0.5) is 0 Å². The van der Waals surface area contributed by atoms with E-state index < -0.39 is 6.04 Å². The van der Waals surface area contributed by atoms with E-state index in [-0.39, 0.29) is 31.1 Å². The van der Waals surface area contributed by atoms with Gasteiger partial charge in [-0.15, -0.1) is 0 Å². The second kappa shape index (κ2) is 6.44. The summed E-state index contributed by atoms with van der Waals surface area (Å²) >= 11 is 0. The van der Waals surface area contributed by atoms with Crippen LogP contribution in [0.5, 0.6) is 0 Å². The Morgan fingerprint density at radius 2 is 2.38 bits per heavy atom. The van der Waals surface area contributed by atoms with Crippen LogP contribution in [0.1, 0.15) is 13.8 Å². The Kier molecular flexibility index (Phi) is 5.21. The topological polar surface area (TPSA) is 76.7 Å². The Bertz CT molecular complexity index is 247. The predicted molar refractivity (Wildman–Crippen MR) is 56.8 cm³/mol. The number of piperazine rings is 1. The van der Waals surface area contributed by atoms with Crippen LogP contribution in [-0.2, 0) is 19.1 Å². The summed E-state index contributed by atoms with van der Waals surface area (Å²) in [5, 5.41) is 5.40. The summed E-state index contributed by atoms with van der Waals surface area (Å²) in [5.41, 5.74) is 0. The molecule has 2 atom stereocenters. The lowest BCUT2D eigenvalue weighted by Crippen LogP contribution is -2.56. The summed E-state index contributed by atoms with van der Waals surface area (Å²) in [7, 11) is 0. The minimum Gasteiger partial charge on any atom is -0.459 e. The summed E-state index contributed by atoms with van der Waals surface area (Å²) in [5.74, 6) is -0.460. The zero-order chi connectivity index (χ0) is 12.0. The van der Waals surface area contributed by atoms with Gasteiger partial charge < -0.3 is 14.8 Å². The normalized spacial score (nSPS) is 22.4. The second-order valence-electron chi connectivity index (χ2n) is 3.64. The standard InChI is InChI=1S/C10H18N2O4/c1-3-15-6-7(2)16-10(14)8-4-12-9(13)5-11-8/h7-8,11H,3-6H2,1-2H3,(H,12,13). The molecule has 1 heterocycles. The van der Waals surface area contributed by atoms with Crippen molar-refractivity contribution in [3.8, 4) is 0 Å². The van der Waals surface area contributed by atoms with E-state index in [0.717, 1.165) is 0 Å². The number of carbonyl (C=O) groups is 2. The van der Waals surface area contributed by atoms with Crippen LogP contribution >= 0.6 is 0 Å². The number of rotatable bonds is 5. The van der Waals surface area contributed by atoms with E-state index in [4.69, 9.17) is 9.47 Å². The largest absolute Gasteiger partial charge is 0.459 e. The SMILES string of the molecule is CCOCC(C)OC(=O)C1CNC(=O)CN1. The molecule has 0 aromatic rings. The van der Waals surface area contributed by atoms with E-state index in [9.17, 15) is 9.59 Å². The Morgan fingerprint density at radius 3 is 2.94 bits per heavy atom. The van der Waals surface area contributed by atoms with Crippen molar-refractivity contribution in [2.75, 3.05) is 26.3 Å². The molecule has 92 valence electrons. The van der Waals surface area contributed by atoms with Gasteiger partial charge in [0.15, 0.2) is 0 Å². The van der Waals surface area contributed by atoms with Gasteiger partial charge in [-0.25, -0.2) is 0 Å². The molecule has 1 rings (SSSR count). The molecule has 1 fully saturated rings. The summed E-state index contributed by atoms with van der Waals surface area (Å²) in [4.78, 5) is 22.4. The number of hydrogen-bond donors (Lipinski definition) is 2. The van der Waals surface area contributed by atoms with Gasteiger partial charge in [-0.2, -0.15) is 0 Å². The van der Waals surface area contributed by atoms with Gasteiger partial charge in [0.2, 0.25) is 5.91 Å². The summed E-state index contributed by atoms with van der Waals surface area (Å²) in [6.45, 7) is 5.07. The van der Waals surface area contributed by atoms with E-state index >= 15 is 0 Å². The summed E-state index contributed by atoms with van der Waals surface area (Å²) in [6, 6.07) is -0.457. The monoisotopic (exact) mass is 230 g/mol. The Balaban J connectivity index is 2.26. The number of carbonyl (C=O) groups excluding carboxylic acids is 2. The van der Waals surface area contributed by atoms with E-state index in [0.29, 0.717) is 13.2 Å².